The Balaban J connectivity index is 1.98. The summed E-state index contributed by atoms with van der Waals surface area (Å²) in [5.74, 6) is -0.749. The number of nitrogens with one attached hydrogen (secondary N) is 1. The summed E-state index contributed by atoms with van der Waals surface area (Å²) in [5.41, 5.74) is 0.980. The van der Waals surface area contributed by atoms with E-state index in [0.717, 1.165) is 11.4 Å². The highest BCUT2D eigenvalue weighted by Crippen LogP contribution is 2.27. The van der Waals surface area contributed by atoms with Gasteiger partial charge in [0, 0.05) is 11.1 Å². The van der Waals surface area contributed by atoms with Gasteiger partial charge in [-0.1, -0.05) is 24.8 Å². The van der Waals surface area contributed by atoms with Gasteiger partial charge in [0.2, 0.25) is 0 Å². The number of ether oxygens (including phenoxy) is 2. The maximum Gasteiger partial charge on any atom is 0.354 e. The van der Waals surface area contributed by atoms with Crippen molar-refractivity contribution in [3.8, 4) is 5.75 Å². The number of amides is 1. The number of benzene rings is 2. The largest absolute Gasteiger partial charge is 0.497 e. The maximum absolute atomic E-state index is 13.4. The van der Waals surface area contributed by atoms with Crippen LogP contribution in [0.1, 0.15) is 15.9 Å². The van der Waals surface area contributed by atoms with E-state index in [2.05, 4.69) is 11.9 Å². The molecule has 0 aliphatic rings. The first-order valence-corrected chi connectivity index (χ1v) is 12.0. The molecule has 33 heavy (non-hydrogen) atoms. The zero-order valence-corrected chi connectivity index (χ0v) is 19.6. The number of sulfonamides is 1. The van der Waals surface area contributed by atoms with Crippen molar-refractivity contribution in [2.24, 2.45) is 0 Å². The number of anilines is 1. The smallest absolute Gasteiger partial charge is 0.354 e. The average Bonchev–Trinajstić information content (AvgIpc) is 3.37. The van der Waals surface area contributed by atoms with Crippen LogP contribution in [0.4, 0.5) is 5.69 Å². The van der Waals surface area contributed by atoms with Crippen LogP contribution < -0.4 is 10.1 Å². The van der Waals surface area contributed by atoms with E-state index in [1.54, 1.807) is 41.1 Å². The molecule has 8 nitrogen and oxygen atoms in total. The highest BCUT2D eigenvalue weighted by molar-refractivity contribution is 7.89. The van der Waals surface area contributed by atoms with Crippen LogP contribution in [0.2, 0.25) is 0 Å². The molecule has 0 aliphatic heterocycles. The number of hydrogen-bond donors (Lipinski definition) is 1. The van der Waals surface area contributed by atoms with Gasteiger partial charge in [-0.15, -0.1) is 0 Å². The quantitative estimate of drug-likeness (QED) is 0.364. The van der Waals surface area contributed by atoms with Gasteiger partial charge < -0.3 is 14.8 Å². The summed E-state index contributed by atoms with van der Waals surface area (Å²) in [7, 11) is -1.59. The summed E-state index contributed by atoms with van der Waals surface area (Å²) in [6.45, 7) is 3.38. The summed E-state index contributed by atoms with van der Waals surface area (Å²) in [6, 6.07) is 14.2. The lowest BCUT2D eigenvalue weighted by molar-refractivity contribution is -0.137. The van der Waals surface area contributed by atoms with Crippen molar-refractivity contribution in [2.75, 3.05) is 19.5 Å². The van der Waals surface area contributed by atoms with Crippen molar-refractivity contribution in [1.82, 2.24) is 4.31 Å². The number of carbonyl (C=O) groups is 2. The summed E-state index contributed by atoms with van der Waals surface area (Å²) >= 11 is 1.39. The molecule has 0 saturated heterocycles. The third-order valence-corrected chi connectivity index (χ3v) is 7.21. The van der Waals surface area contributed by atoms with Crippen molar-refractivity contribution in [3.63, 3.8) is 0 Å². The molecule has 0 unspecified atom stereocenters. The van der Waals surface area contributed by atoms with E-state index in [1.807, 2.05) is 0 Å². The first-order valence-electron chi connectivity index (χ1n) is 9.63. The molecule has 1 heterocycles. The molecule has 3 rings (SSSR count). The van der Waals surface area contributed by atoms with E-state index in [0.29, 0.717) is 22.6 Å². The lowest BCUT2D eigenvalue weighted by Gasteiger charge is -2.26. The molecule has 0 aliphatic carbocycles. The molecule has 0 bridgehead atoms. The first-order chi connectivity index (χ1) is 15.8. The monoisotopic (exact) mass is 486 g/mol. The Labute approximate surface area is 196 Å². The van der Waals surface area contributed by atoms with Crippen molar-refractivity contribution >= 4 is 38.9 Å². The molecule has 1 aromatic heterocycles. The number of rotatable bonds is 9. The summed E-state index contributed by atoms with van der Waals surface area (Å²) < 4.78 is 37.5. The fourth-order valence-corrected chi connectivity index (χ4v) is 4.99. The normalized spacial score (nSPS) is 10.8. The Morgan fingerprint density at radius 3 is 2.36 bits per heavy atom. The summed E-state index contributed by atoms with van der Waals surface area (Å²) in [4.78, 5) is 24.7. The second kappa shape index (κ2) is 10.3. The van der Waals surface area contributed by atoms with E-state index in [1.165, 1.54) is 42.7 Å². The van der Waals surface area contributed by atoms with Crippen LogP contribution in [0.5, 0.6) is 5.75 Å². The molecule has 1 amide bonds. The van der Waals surface area contributed by atoms with Gasteiger partial charge in [0.1, 0.15) is 11.4 Å². The van der Waals surface area contributed by atoms with E-state index in [-0.39, 0.29) is 23.0 Å². The van der Waals surface area contributed by atoms with Crippen molar-refractivity contribution in [2.45, 2.75) is 11.4 Å². The van der Waals surface area contributed by atoms with Crippen molar-refractivity contribution in [1.29, 1.82) is 0 Å². The summed E-state index contributed by atoms with van der Waals surface area (Å²) in [6.07, 6.45) is 0. The number of para-hydroxylation sites is 1. The van der Waals surface area contributed by atoms with Crippen LogP contribution in [0, 0.1) is 0 Å². The minimum absolute atomic E-state index is 0.0619. The van der Waals surface area contributed by atoms with Gasteiger partial charge in [-0.3, -0.25) is 9.10 Å². The lowest BCUT2D eigenvalue weighted by Crippen LogP contribution is -2.33. The Morgan fingerprint density at radius 1 is 1.06 bits per heavy atom. The van der Waals surface area contributed by atoms with Crippen LogP contribution in [-0.2, 0) is 26.1 Å². The van der Waals surface area contributed by atoms with Crippen LogP contribution >= 0.6 is 11.3 Å². The number of esters is 1. The molecule has 10 heteroatoms. The number of carbonyl (C=O) groups excluding carboxylic acids is 2. The van der Waals surface area contributed by atoms with Gasteiger partial charge in [0.15, 0.2) is 0 Å². The standard InChI is InChI=1S/C23H22N2O6S2/c1-16(23(27)31-3)25(33(28,29)20-10-8-19(30-2)9-11-20)14-17-6-4-5-7-21(17)24-22(26)18-12-13-32-15-18/h4-13,15H,1,14H2,2-3H3,(H,24,26). The SMILES string of the molecule is C=C(C(=O)OC)N(Cc1ccccc1NC(=O)c1ccsc1)S(=O)(=O)c1ccc(OC)cc1. The van der Waals surface area contributed by atoms with Crippen molar-refractivity contribution < 1.29 is 27.5 Å². The van der Waals surface area contributed by atoms with Crippen molar-refractivity contribution in [3.05, 3.63) is 88.8 Å². The highest BCUT2D eigenvalue weighted by Gasteiger charge is 2.30. The lowest BCUT2D eigenvalue weighted by atomic mass is 10.1. The molecular weight excluding hydrogens is 464 g/mol. The molecule has 0 atom stereocenters. The molecule has 0 fully saturated rings. The maximum atomic E-state index is 13.4. The Kier molecular flexibility index (Phi) is 7.52. The Hall–Kier alpha value is -3.63. The van der Waals surface area contributed by atoms with Gasteiger partial charge in [-0.05, 0) is 47.3 Å². The number of nitrogens with zero attached hydrogens (tertiary/aromatic N) is 1. The van der Waals surface area contributed by atoms with E-state index in [4.69, 9.17) is 9.47 Å². The molecule has 0 radical (unpaired) electrons. The predicted molar refractivity (Wildman–Crippen MR) is 126 cm³/mol. The second-order valence-corrected chi connectivity index (χ2v) is 9.39. The fourth-order valence-electron chi connectivity index (χ4n) is 2.94. The van der Waals surface area contributed by atoms with Gasteiger partial charge in [-0.2, -0.15) is 11.3 Å². The predicted octanol–water partition coefficient (Wildman–Crippen LogP) is 3.89. The molecule has 2 aromatic carbocycles. The minimum Gasteiger partial charge on any atom is -0.497 e. The Morgan fingerprint density at radius 2 is 1.76 bits per heavy atom. The third kappa shape index (κ3) is 5.41. The van der Waals surface area contributed by atoms with Gasteiger partial charge in [0.05, 0.1) is 31.2 Å². The van der Waals surface area contributed by atoms with Gasteiger partial charge in [-0.25, -0.2) is 13.2 Å². The first kappa shape index (κ1) is 24.0. The third-order valence-electron chi connectivity index (χ3n) is 4.73. The van der Waals surface area contributed by atoms with Gasteiger partial charge >= 0.3 is 5.97 Å². The number of methoxy groups -OCH3 is 2. The van der Waals surface area contributed by atoms with E-state index >= 15 is 0 Å². The van der Waals surface area contributed by atoms with Crippen LogP contribution in [0.25, 0.3) is 0 Å². The molecular formula is C23H22N2O6S2. The van der Waals surface area contributed by atoms with Gasteiger partial charge in [0.25, 0.3) is 15.9 Å². The van der Waals surface area contributed by atoms with Crippen LogP contribution in [-0.4, -0.2) is 38.8 Å². The van der Waals surface area contributed by atoms with Crippen LogP contribution in [0.15, 0.2) is 82.5 Å². The average molecular weight is 487 g/mol. The number of hydrogen-bond acceptors (Lipinski definition) is 7. The highest BCUT2D eigenvalue weighted by atomic mass is 32.2. The van der Waals surface area contributed by atoms with E-state index in [9.17, 15) is 18.0 Å². The zero-order chi connectivity index (χ0) is 24.0. The molecule has 172 valence electrons. The zero-order valence-electron chi connectivity index (χ0n) is 18.0. The molecule has 0 saturated carbocycles. The van der Waals surface area contributed by atoms with E-state index < -0.39 is 16.0 Å². The molecule has 1 N–H and O–H groups in total. The topological polar surface area (TPSA) is 102 Å². The fraction of sp³-hybridized carbons (Fsp3) is 0.130. The summed E-state index contributed by atoms with van der Waals surface area (Å²) in [5, 5.41) is 6.28. The minimum atomic E-state index is -4.20. The Bertz CT molecular complexity index is 1250. The molecule has 3 aromatic rings. The number of thiophene rings is 1. The second-order valence-electron chi connectivity index (χ2n) is 6.75. The van der Waals surface area contributed by atoms with Crippen LogP contribution in [0.3, 0.4) is 0 Å². The molecule has 0 spiro atoms.